The summed E-state index contributed by atoms with van der Waals surface area (Å²) in [6.45, 7) is 7.27. The van der Waals surface area contributed by atoms with Crippen LogP contribution in [0, 0.1) is 5.41 Å². The predicted molar refractivity (Wildman–Crippen MR) is 66.5 cm³/mol. The van der Waals surface area contributed by atoms with Crippen molar-refractivity contribution in [2.75, 3.05) is 6.61 Å². The Morgan fingerprint density at radius 3 is 2.76 bits per heavy atom. The summed E-state index contributed by atoms with van der Waals surface area (Å²) in [7, 11) is 0. The van der Waals surface area contributed by atoms with Crippen molar-refractivity contribution in [3.8, 4) is 0 Å². The molecule has 0 spiro atoms. The smallest absolute Gasteiger partial charge is 0.311 e. The van der Waals surface area contributed by atoms with Crippen molar-refractivity contribution in [3.05, 3.63) is 18.7 Å². The van der Waals surface area contributed by atoms with Crippen LogP contribution in [0.4, 0.5) is 0 Å². The third kappa shape index (κ3) is 4.59. The molecule has 1 aromatic rings. The van der Waals surface area contributed by atoms with Gasteiger partial charge in [0.1, 0.15) is 0 Å². The van der Waals surface area contributed by atoms with Crippen LogP contribution in [0.15, 0.2) is 18.7 Å². The van der Waals surface area contributed by atoms with Crippen LogP contribution in [0.25, 0.3) is 0 Å². The number of ether oxygens (including phenoxy) is 1. The normalized spacial score (nSPS) is 11.5. The number of carbonyl (C=O) groups is 1. The van der Waals surface area contributed by atoms with Gasteiger partial charge in [-0.2, -0.15) is 0 Å². The molecule has 1 heterocycles. The molecule has 17 heavy (non-hydrogen) atoms. The Labute approximate surface area is 103 Å². The highest BCUT2D eigenvalue weighted by Crippen LogP contribution is 2.21. The molecule has 0 aromatic carbocycles. The third-order valence-corrected chi connectivity index (χ3v) is 3.04. The molecule has 0 amide bonds. The van der Waals surface area contributed by atoms with Crippen molar-refractivity contribution in [2.45, 2.75) is 46.6 Å². The van der Waals surface area contributed by atoms with E-state index in [9.17, 15) is 4.79 Å². The van der Waals surface area contributed by atoms with Gasteiger partial charge in [0.15, 0.2) is 0 Å². The lowest BCUT2D eigenvalue weighted by Gasteiger charge is -2.20. The van der Waals surface area contributed by atoms with Gasteiger partial charge in [-0.25, -0.2) is 4.98 Å². The molecule has 0 fully saturated rings. The maximum atomic E-state index is 11.7. The molecule has 0 aliphatic rings. The van der Waals surface area contributed by atoms with E-state index < -0.39 is 0 Å². The van der Waals surface area contributed by atoms with Crippen molar-refractivity contribution < 1.29 is 9.53 Å². The molecule has 0 aliphatic carbocycles. The number of esters is 1. The molecule has 0 saturated heterocycles. The summed E-state index contributed by atoms with van der Waals surface area (Å²) in [5.41, 5.74) is -0.357. The largest absolute Gasteiger partial charge is 0.465 e. The fourth-order valence-corrected chi connectivity index (χ4v) is 1.32. The summed E-state index contributed by atoms with van der Waals surface area (Å²) < 4.78 is 7.28. The molecule has 0 N–H and O–H groups in total. The van der Waals surface area contributed by atoms with Gasteiger partial charge in [0, 0.05) is 18.9 Å². The van der Waals surface area contributed by atoms with E-state index in [2.05, 4.69) is 4.98 Å². The Balaban J connectivity index is 2.10. The van der Waals surface area contributed by atoms with Crippen molar-refractivity contribution in [2.24, 2.45) is 5.41 Å². The first-order chi connectivity index (χ1) is 8.06. The third-order valence-electron chi connectivity index (χ3n) is 3.04. The van der Waals surface area contributed by atoms with Gasteiger partial charge in [0.2, 0.25) is 0 Å². The first kappa shape index (κ1) is 13.7. The zero-order valence-corrected chi connectivity index (χ0v) is 11.0. The van der Waals surface area contributed by atoms with Gasteiger partial charge in [0.05, 0.1) is 18.3 Å². The molecule has 4 heteroatoms. The van der Waals surface area contributed by atoms with Crippen molar-refractivity contribution >= 4 is 5.97 Å². The summed E-state index contributed by atoms with van der Waals surface area (Å²) in [5.74, 6) is -0.0948. The Morgan fingerprint density at radius 2 is 2.18 bits per heavy atom. The SMILES string of the molecule is CCC(C)(C)C(=O)OCCCCn1ccnc1. The standard InChI is InChI=1S/C13H22N2O2/c1-4-13(2,3)12(16)17-10-6-5-8-15-9-7-14-11-15/h7,9,11H,4-6,8,10H2,1-3H3. The first-order valence-electron chi connectivity index (χ1n) is 6.19. The number of rotatable bonds is 7. The van der Waals surface area contributed by atoms with Crippen molar-refractivity contribution in [3.63, 3.8) is 0 Å². The molecule has 96 valence electrons. The zero-order chi connectivity index (χ0) is 12.7. The van der Waals surface area contributed by atoms with Gasteiger partial charge in [-0.3, -0.25) is 4.79 Å². The van der Waals surface area contributed by atoms with Gasteiger partial charge in [-0.1, -0.05) is 6.92 Å². The van der Waals surface area contributed by atoms with Gasteiger partial charge in [0.25, 0.3) is 0 Å². The Kier molecular flexibility index (Phi) is 5.19. The van der Waals surface area contributed by atoms with Gasteiger partial charge in [-0.05, 0) is 33.1 Å². The summed E-state index contributed by atoms with van der Waals surface area (Å²) in [6.07, 6.45) is 8.20. The molecule has 0 saturated carbocycles. The summed E-state index contributed by atoms with van der Waals surface area (Å²) in [4.78, 5) is 15.6. The molecule has 0 atom stereocenters. The number of aromatic nitrogens is 2. The molecule has 1 aromatic heterocycles. The predicted octanol–water partition coefficient (Wildman–Crippen LogP) is 2.64. The molecule has 0 aliphatic heterocycles. The quantitative estimate of drug-likeness (QED) is 0.542. The highest BCUT2D eigenvalue weighted by molar-refractivity contribution is 5.75. The number of carbonyl (C=O) groups excluding carboxylic acids is 1. The molecule has 4 nitrogen and oxygen atoms in total. The second-order valence-electron chi connectivity index (χ2n) is 4.88. The number of imidazole rings is 1. The van der Waals surface area contributed by atoms with Crippen LogP contribution < -0.4 is 0 Å². The lowest BCUT2D eigenvalue weighted by atomic mass is 9.91. The van der Waals surface area contributed by atoms with Crippen LogP contribution in [0.2, 0.25) is 0 Å². The molecular formula is C13H22N2O2. The average molecular weight is 238 g/mol. The number of hydrogen-bond acceptors (Lipinski definition) is 3. The Morgan fingerprint density at radius 1 is 1.41 bits per heavy atom. The second-order valence-corrected chi connectivity index (χ2v) is 4.88. The molecule has 0 radical (unpaired) electrons. The molecule has 0 unspecified atom stereocenters. The van der Waals surface area contributed by atoms with E-state index in [1.165, 1.54) is 0 Å². The minimum atomic E-state index is -0.357. The average Bonchev–Trinajstić information content (AvgIpc) is 2.81. The van der Waals surface area contributed by atoms with E-state index in [-0.39, 0.29) is 11.4 Å². The number of aryl methyl sites for hydroxylation is 1. The summed E-state index contributed by atoms with van der Waals surface area (Å²) in [5, 5.41) is 0. The van der Waals surface area contributed by atoms with Gasteiger partial charge < -0.3 is 9.30 Å². The lowest BCUT2D eigenvalue weighted by molar-refractivity contribution is -0.154. The van der Waals surface area contributed by atoms with E-state index >= 15 is 0 Å². The highest BCUT2D eigenvalue weighted by atomic mass is 16.5. The van der Waals surface area contributed by atoms with Gasteiger partial charge in [-0.15, -0.1) is 0 Å². The molecule has 0 bridgehead atoms. The van der Waals surface area contributed by atoms with Crippen LogP contribution >= 0.6 is 0 Å². The van der Waals surface area contributed by atoms with Crippen LogP contribution in [-0.4, -0.2) is 22.1 Å². The zero-order valence-electron chi connectivity index (χ0n) is 11.0. The second kappa shape index (κ2) is 6.42. The molecule has 1 rings (SSSR count). The highest BCUT2D eigenvalue weighted by Gasteiger charge is 2.26. The van der Waals surface area contributed by atoms with Crippen LogP contribution in [0.5, 0.6) is 0 Å². The lowest BCUT2D eigenvalue weighted by Crippen LogP contribution is -2.26. The van der Waals surface area contributed by atoms with Crippen LogP contribution in [0.3, 0.4) is 0 Å². The number of hydrogen-bond donors (Lipinski definition) is 0. The summed E-state index contributed by atoms with van der Waals surface area (Å²) in [6, 6.07) is 0. The first-order valence-corrected chi connectivity index (χ1v) is 6.19. The van der Waals surface area contributed by atoms with Gasteiger partial charge >= 0.3 is 5.97 Å². The minimum absolute atomic E-state index is 0.0948. The molecular weight excluding hydrogens is 216 g/mol. The summed E-state index contributed by atoms with van der Waals surface area (Å²) >= 11 is 0. The van der Waals surface area contributed by atoms with Crippen LogP contribution in [-0.2, 0) is 16.1 Å². The van der Waals surface area contributed by atoms with Crippen LogP contribution in [0.1, 0.15) is 40.0 Å². The van der Waals surface area contributed by atoms with E-state index in [0.717, 1.165) is 25.8 Å². The Bertz CT molecular complexity index is 331. The van der Waals surface area contributed by atoms with E-state index in [1.54, 1.807) is 12.5 Å². The number of nitrogens with zero attached hydrogens (tertiary/aromatic N) is 2. The fraction of sp³-hybridized carbons (Fsp3) is 0.692. The van der Waals surface area contributed by atoms with E-state index in [1.807, 2.05) is 31.5 Å². The van der Waals surface area contributed by atoms with E-state index in [4.69, 9.17) is 4.74 Å². The fourth-order valence-electron chi connectivity index (χ4n) is 1.32. The van der Waals surface area contributed by atoms with Crippen molar-refractivity contribution in [1.29, 1.82) is 0 Å². The maximum absolute atomic E-state index is 11.7. The number of unbranched alkanes of at least 4 members (excludes halogenated alkanes) is 1. The minimum Gasteiger partial charge on any atom is -0.465 e. The maximum Gasteiger partial charge on any atom is 0.311 e. The van der Waals surface area contributed by atoms with E-state index in [0.29, 0.717) is 6.61 Å². The van der Waals surface area contributed by atoms with Crippen molar-refractivity contribution in [1.82, 2.24) is 9.55 Å². The Hall–Kier alpha value is -1.32. The monoisotopic (exact) mass is 238 g/mol. The topological polar surface area (TPSA) is 44.1 Å².